The number of ether oxygens (including phenoxy) is 1. The van der Waals surface area contributed by atoms with Gasteiger partial charge in [0.1, 0.15) is 17.1 Å². The van der Waals surface area contributed by atoms with E-state index in [2.05, 4.69) is 5.32 Å². The normalized spacial score (nSPS) is 25.5. The van der Waals surface area contributed by atoms with Crippen molar-refractivity contribution in [1.29, 1.82) is 0 Å². The molecule has 1 N–H and O–H groups in total. The molecule has 2 saturated heterocycles. The van der Waals surface area contributed by atoms with Gasteiger partial charge in [-0.25, -0.2) is 9.29 Å². The molecule has 6 rings (SSSR count). The van der Waals surface area contributed by atoms with Gasteiger partial charge in [0.25, 0.3) is 5.91 Å². The number of halogens is 1. The van der Waals surface area contributed by atoms with Crippen LogP contribution in [0.25, 0.3) is 0 Å². The summed E-state index contributed by atoms with van der Waals surface area (Å²) in [6.07, 6.45) is 2.60. The number of para-hydroxylation sites is 1. The third-order valence-electron chi connectivity index (χ3n) is 8.12. The molecule has 1 spiro atoms. The summed E-state index contributed by atoms with van der Waals surface area (Å²) in [5, 5.41) is 3.50. The first-order valence-electron chi connectivity index (χ1n) is 12.9. The predicted octanol–water partition coefficient (Wildman–Crippen LogP) is 4.11. The van der Waals surface area contributed by atoms with E-state index in [-0.39, 0.29) is 24.4 Å². The lowest BCUT2D eigenvalue weighted by Crippen LogP contribution is -2.55. The largest absolute Gasteiger partial charge is 0.497 e. The van der Waals surface area contributed by atoms with Crippen molar-refractivity contribution in [2.75, 3.05) is 28.9 Å². The van der Waals surface area contributed by atoms with Gasteiger partial charge in [0.15, 0.2) is 0 Å². The van der Waals surface area contributed by atoms with E-state index < -0.39 is 29.1 Å². The second-order valence-electron chi connectivity index (χ2n) is 10.1. The molecule has 3 amide bonds. The summed E-state index contributed by atoms with van der Waals surface area (Å²) in [7, 11) is 1.55. The Morgan fingerprint density at radius 2 is 1.69 bits per heavy atom. The van der Waals surface area contributed by atoms with Gasteiger partial charge in [-0.15, -0.1) is 0 Å². The number of anilines is 2. The Morgan fingerprint density at radius 3 is 2.41 bits per heavy atom. The standard InChI is InChI=1S/C30H28FN3O4S/c1-38-20-13-11-19(12-14-20)34-27(35)25-23(15-16-39-2)32-30(26(25)28(34)36)21-8-4-6-10-24(21)33(29(30)37)17-18-7-3-5-9-22(18)31/h3-14,23,25-26,32H,15-17H2,1-2H3/t23-,25-,26-,30+/m0/s1. The highest BCUT2D eigenvalue weighted by atomic mass is 32.2. The lowest BCUT2D eigenvalue weighted by Gasteiger charge is -2.30. The van der Waals surface area contributed by atoms with E-state index in [1.807, 2.05) is 30.5 Å². The van der Waals surface area contributed by atoms with Crippen LogP contribution in [-0.4, -0.2) is 42.9 Å². The summed E-state index contributed by atoms with van der Waals surface area (Å²) in [6.45, 7) is 0.0170. The Balaban J connectivity index is 1.46. The molecule has 4 atom stereocenters. The van der Waals surface area contributed by atoms with Crippen LogP contribution in [0.2, 0.25) is 0 Å². The van der Waals surface area contributed by atoms with E-state index in [1.165, 1.54) is 11.0 Å². The maximum Gasteiger partial charge on any atom is 0.253 e. The van der Waals surface area contributed by atoms with Crippen molar-refractivity contribution < 1.29 is 23.5 Å². The second kappa shape index (κ2) is 9.81. The van der Waals surface area contributed by atoms with E-state index in [4.69, 9.17) is 4.74 Å². The number of hydrogen-bond donors (Lipinski definition) is 1. The van der Waals surface area contributed by atoms with Crippen LogP contribution in [0, 0.1) is 17.7 Å². The molecular weight excluding hydrogens is 517 g/mol. The number of benzene rings is 3. The molecule has 39 heavy (non-hydrogen) atoms. The summed E-state index contributed by atoms with van der Waals surface area (Å²) in [5.41, 5.74) is 0.654. The monoisotopic (exact) mass is 545 g/mol. The lowest BCUT2D eigenvalue weighted by molar-refractivity contribution is -0.132. The lowest BCUT2D eigenvalue weighted by atomic mass is 9.76. The smallest absolute Gasteiger partial charge is 0.253 e. The number of fused-ring (bicyclic) bond motifs is 4. The first-order valence-corrected chi connectivity index (χ1v) is 14.2. The third kappa shape index (κ3) is 3.78. The minimum absolute atomic E-state index is 0.0170. The molecular formula is C30H28FN3O4S. The fraction of sp³-hybridized carbons (Fsp3) is 0.300. The van der Waals surface area contributed by atoms with Crippen LogP contribution >= 0.6 is 11.8 Å². The molecule has 3 heterocycles. The van der Waals surface area contributed by atoms with Crippen LogP contribution in [0.4, 0.5) is 15.8 Å². The van der Waals surface area contributed by atoms with Gasteiger partial charge in [-0.1, -0.05) is 36.4 Å². The van der Waals surface area contributed by atoms with Crippen molar-refractivity contribution in [3.63, 3.8) is 0 Å². The van der Waals surface area contributed by atoms with Crippen molar-refractivity contribution in [1.82, 2.24) is 5.32 Å². The van der Waals surface area contributed by atoms with Gasteiger partial charge in [0.2, 0.25) is 11.8 Å². The molecule has 3 aliphatic rings. The second-order valence-corrected chi connectivity index (χ2v) is 11.0. The van der Waals surface area contributed by atoms with Crippen molar-refractivity contribution >= 4 is 40.9 Å². The summed E-state index contributed by atoms with van der Waals surface area (Å²) in [4.78, 5) is 45.4. The van der Waals surface area contributed by atoms with Crippen molar-refractivity contribution in [3.8, 4) is 5.75 Å². The Kier molecular flexibility index (Phi) is 6.43. The highest BCUT2D eigenvalue weighted by Gasteiger charge is 2.71. The maximum absolute atomic E-state index is 14.7. The first kappa shape index (κ1) is 25.6. The molecule has 0 aliphatic carbocycles. The van der Waals surface area contributed by atoms with Crippen molar-refractivity contribution in [2.45, 2.75) is 24.5 Å². The SMILES string of the molecule is COc1ccc(N2C(=O)[C@H]3[C@H](CCSC)N[C@@]4(C(=O)N(Cc5ccccc5F)c5ccccc54)[C@@H]3C2=O)cc1. The minimum Gasteiger partial charge on any atom is -0.497 e. The molecule has 0 saturated carbocycles. The van der Waals surface area contributed by atoms with E-state index in [0.717, 1.165) is 5.75 Å². The molecule has 3 aliphatic heterocycles. The molecule has 0 aromatic heterocycles. The van der Waals surface area contributed by atoms with E-state index >= 15 is 0 Å². The van der Waals surface area contributed by atoms with Gasteiger partial charge < -0.3 is 9.64 Å². The minimum atomic E-state index is -1.43. The van der Waals surface area contributed by atoms with Crippen LogP contribution < -0.4 is 19.9 Å². The zero-order chi connectivity index (χ0) is 27.3. The zero-order valence-corrected chi connectivity index (χ0v) is 22.4. The molecule has 7 nitrogen and oxygen atoms in total. The average Bonchev–Trinajstić information content (AvgIpc) is 3.52. The Bertz CT molecular complexity index is 1460. The number of hydrogen-bond acceptors (Lipinski definition) is 6. The number of amides is 3. The zero-order valence-electron chi connectivity index (χ0n) is 21.6. The number of imide groups is 1. The first-order chi connectivity index (χ1) is 18.9. The molecule has 2 fully saturated rings. The number of nitrogens with one attached hydrogen (secondary N) is 1. The van der Waals surface area contributed by atoms with Gasteiger partial charge in [-0.05, 0) is 54.8 Å². The van der Waals surface area contributed by atoms with E-state index in [0.29, 0.717) is 34.7 Å². The Labute approximate surface area is 230 Å². The summed E-state index contributed by atoms with van der Waals surface area (Å²) in [6, 6.07) is 20.0. The van der Waals surface area contributed by atoms with E-state index in [9.17, 15) is 18.8 Å². The summed E-state index contributed by atoms with van der Waals surface area (Å²) in [5.74, 6) is -1.75. The van der Waals surface area contributed by atoms with Crippen LogP contribution in [0.15, 0.2) is 72.8 Å². The van der Waals surface area contributed by atoms with Crippen molar-refractivity contribution in [2.24, 2.45) is 11.8 Å². The fourth-order valence-corrected chi connectivity index (χ4v) is 6.87. The molecule has 3 aromatic carbocycles. The number of rotatable bonds is 7. The van der Waals surface area contributed by atoms with Crippen LogP contribution in [0.1, 0.15) is 17.5 Å². The van der Waals surface area contributed by atoms with Crippen molar-refractivity contribution in [3.05, 3.63) is 89.7 Å². The maximum atomic E-state index is 14.7. The van der Waals surface area contributed by atoms with Crippen LogP contribution in [-0.2, 0) is 26.5 Å². The van der Waals surface area contributed by atoms with Crippen LogP contribution in [0.5, 0.6) is 5.75 Å². The van der Waals surface area contributed by atoms with Gasteiger partial charge in [-0.3, -0.25) is 19.7 Å². The number of carbonyl (C=O) groups is 3. The van der Waals surface area contributed by atoms with E-state index in [1.54, 1.807) is 66.2 Å². The van der Waals surface area contributed by atoms with Gasteiger partial charge in [0, 0.05) is 22.9 Å². The number of methoxy groups -OCH3 is 1. The van der Waals surface area contributed by atoms with Crippen LogP contribution in [0.3, 0.4) is 0 Å². The van der Waals surface area contributed by atoms with Gasteiger partial charge in [0.05, 0.1) is 31.2 Å². The highest BCUT2D eigenvalue weighted by Crippen LogP contribution is 2.55. The highest BCUT2D eigenvalue weighted by molar-refractivity contribution is 7.98. The summed E-state index contributed by atoms with van der Waals surface area (Å²) < 4.78 is 19.9. The number of nitrogens with zero attached hydrogens (tertiary/aromatic N) is 2. The number of thioether (sulfide) groups is 1. The topological polar surface area (TPSA) is 79.0 Å². The Morgan fingerprint density at radius 1 is 0.974 bits per heavy atom. The summed E-state index contributed by atoms with van der Waals surface area (Å²) >= 11 is 1.65. The third-order valence-corrected chi connectivity index (χ3v) is 8.76. The van der Waals surface area contributed by atoms with Gasteiger partial charge >= 0.3 is 0 Å². The average molecular weight is 546 g/mol. The fourth-order valence-electron chi connectivity index (χ4n) is 6.38. The predicted molar refractivity (Wildman–Crippen MR) is 148 cm³/mol. The molecule has 0 radical (unpaired) electrons. The van der Waals surface area contributed by atoms with Gasteiger partial charge in [-0.2, -0.15) is 11.8 Å². The quantitative estimate of drug-likeness (QED) is 0.451. The molecule has 200 valence electrons. The molecule has 0 bridgehead atoms. The molecule has 3 aromatic rings. The number of carbonyl (C=O) groups excluding carboxylic acids is 3. The molecule has 9 heteroatoms. The molecule has 0 unspecified atom stereocenters. The Hall–Kier alpha value is -3.69.